The van der Waals surface area contributed by atoms with Crippen molar-refractivity contribution in [2.75, 3.05) is 6.61 Å². The van der Waals surface area contributed by atoms with Crippen LogP contribution in [0.2, 0.25) is 0 Å². The number of aryl methyl sites for hydroxylation is 2. The third-order valence-corrected chi connectivity index (χ3v) is 6.16. The van der Waals surface area contributed by atoms with E-state index in [1.165, 1.54) is 31.4 Å². The first-order valence-electron chi connectivity index (χ1n) is 11.9. The van der Waals surface area contributed by atoms with Crippen molar-refractivity contribution in [1.82, 2.24) is 0 Å². The fraction of sp³-hybridized carbons (Fsp3) is 0.267. The zero-order chi connectivity index (χ0) is 23.9. The third kappa shape index (κ3) is 5.80. The second-order valence-corrected chi connectivity index (χ2v) is 8.66. The van der Waals surface area contributed by atoms with Gasteiger partial charge in [-0.2, -0.15) is 0 Å². The van der Waals surface area contributed by atoms with Gasteiger partial charge in [-0.25, -0.2) is 13.2 Å². The number of unbranched alkanes of at least 4 members (excludes halogenated alkanes) is 3. The monoisotopic (exact) mass is 462 g/mol. The lowest BCUT2D eigenvalue weighted by Gasteiger charge is -2.10. The molecule has 0 radical (unpaired) electrons. The van der Waals surface area contributed by atoms with Crippen molar-refractivity contribution in [2.45, 2.75) is 45.4 Å². The summed E-state index contributed by atoms with van der Waals surface area (Å²) in [6.07, 6.45) is 5.55. The normalized spacial score (nSPS) is 11.2. The zero-order valence-electron chi connectivity index (χ0n) is 19.4. The van der Waals surface area contributed by atoms with Gasteiger partial charge in [0.15, 0.2) is 11.6 Å². The number of hydrogen-bond acceptors (Lipinski definition) is 1. The van der Waals surface area contributed by atoms with Crippen LogP contribution in [0.1, 0.15) is 43.7 Å². The molecule has 0 saturated carbocycles. The highest BCUT2D eigenvalue weighted by Crippen LogP contribution is 2.29. The van der Waals surface area contributed by atoms with E-state index in [0.29, 0.717) is 29.4 Å². The van der Waals surface area contributed by atoms with Crippen LogP contribution in [-0.4, -0.2) is 6.61 Å². The van der Waals surface area contributed by atoms with E-state index in [1.54, 1.807) is 12.1 Å². The molecule has 0 aliphatic heterocycles. The Hall–Kier alpha value is -3.27. The molecule has 176 valence electrons. The molecule has 4 aromatic carbocycles. The van der Waals surface area contributed by atoms with Gasteiger partial charge < -0.3 is 4.74 Å². The van der Waals surface area contributed by atoms with Crippen molar-refractivity contribution in [3.8, 4) is 16.9 Å². The van der Waals surface area contributed by atoms with Crippen molar-refractivity contribution in [2.24, 2.45) is 0 Å². The predicted octanol–water partition coefficient (Wildman–Crippen LogP) is 8.67. The van der Waals surface area contributed by atoms with Gasteiger partial charge in [-0.1, -0.05) is 68.7 Å². The summed E-state index contributed by atoms with van der Waals surface area (Å²) < 4.78 is 47.5. The quantitative estimate of drug-likeness (QED) is 0.214. The lowest BCUT2D eigenvalue weighted by Crippen LogP contribution is -1.97. The Kier molecular flexibility index (Phi) is 7.89. The van der Waals surface area contributed by atoms with Gasteiger partial charge in [0.2, 0.25) is 0 Å². The minimum Gasteiger partial charge on any atom is -0.494 e. The predicted molar refractivity (Wildman–Crippen MR) is 133 cm³/mol. The van der Waals surface area contributed by atoms with Crippen LogP contribution < -0.4 is 4.74 Å². The molecule has 0 unspecified atom stereocenters. The smallest absolute Gasteiger partial charge is 0.159 e. The van der Waals surface area contributed by atoms with Gasteiger partial charge in [0.05, 0.1) is 6.61 Å². The lowest BCUT2D eigenvalue weighted by atomic mass is 9.97. The van der Waals surface area contributed by atoms with E-state index in [2.05, 4.69) is 6.92 Å². The summed E-state index contributed by atoms with van der Waals surface area (Å²) in [5.41, 5.74) is 3.26. The van der Waals surface area contributed by atoms with Crippen molar-refractivity contribution in [3.63, 3.8) is 0 Å². The van der Waals surface area contributed by atoms with E-state index >= 15 is 4.39 Å². The molecule has 0 fully saturated rings. The average molecular weight is 463 g/mol. The Morgan fingerprint density at radius 2 is 1.47 bits per heavy atom. The Morgan fingerprint density at radius 3 is 2.24 bits per heavy atom. The SMILES string of the molecule is CCCCCCOc1ccc(-c2ccc3c(F)c(CCc4ccc(F)c(F)c4)ccc3c2)cc1. The van der Waals surface area contributed by atoms with Gasteiger partial charge in [0.1, 0.15) is 11.6 Å². The molecule has 0 aromatic heterocycles. The molecule has 4 heteroatoms. The molecule has 0 N–H and O–H groups in total. The van der Waals surface area contributed by atoms with Gasteiger partial charge in [0, 0.05) is 5.39 Å². The molecule has 0 saturated heterocycles. The molecule has 0 bridgehead atoms. The standard InChI is InChI=1S/C30H29F3O/c1-2-3-4-5-18-34-26-14-11-22(12-15-26)24-13-16-27-25(20-24)10-9-23(30(27)33)8-6-21-7-17-28(31)29(32)19-21/h7,9-17,19-20H,2-6,8,18H2,1H3. The first-order chi connectivity index (χ1) is 16.5. The van der Waals surface area contributed by atoms with E-state index in [9.17, 15) is 8.78 Å². The Morgan fingerprint density at radius 1 is 0.676 bits per heavy atom. The average Bonchev–Trinajstić information content (AvgIpc) is 2.86. The fourth-order valence-corrected chi connectivity index (χ4v) is 4.15. The van der Waals surface area contributed by atoms with Gasteiger partial charge in [-0.15, -0.1) is 0 Å². The summed E-state index contributed by atoms with van der Waals surface area (Å²) in [7, 11) is 0. The molecule has 0 aliphatic carbocycles. The van der Waals surface area contributed by atoms with Crippen molar-refractivity contribution >= 4 is 10.8 Å². The molecule has 0 atom stereocenters. The Labute approximate surface area is 199 Å². The minimum absolute atomic E-state index is 0.265. The van der Waals surface area contributed by atoms with Crippen LogP contribution in [0.3, 0.4) is 0 Å². The maximum Gasteiger partial charge on any atom is 0.159 e. The largest absolute Gasteiger partial charge is 0.494 e. The molecule has 4 aromatic rings. The molecule has 0 aliphatic rings. The maximum atomic E-state index is 15.1. The fourth-order valence-electron chi connectivity index (χ4n) is 4.15. The van der Waals surface area contributed by atoms with E-state index in [0.717, 1.165) is 41.4 Å². The molecule has 34 heavy (non-hydrogen) atoms. The molecule has 0 heterocycles. The van der Waals surface area contributed by atoms with Crippen LogP contribution in [0.4, 0.5) is 13.2 Å². The molecule has 1 nitrogen and oxygen atoms in total. The molecular weight excluding hydrogens is 433 g/mol. The van der Waals surface area contributed by atoms with Crippen LogP contribution in [-0.2, 0) is 12.8 Å². The van der Waals surface area contributed by atoms with E-state index in [4.69, 9.17) is 4.74 Å². The first-order valence-corrected chi connectivity index (χ1v) is 11.9. The summed E-state index contributed by atoms with van der Waals surface area (Å²) in [5.74, 6) is -1.16. The Bertz CT molecular complexity index is 1250. The number of benzene rings is 4. The van der Waals surface area contributed by atoms with E-state index < -0.39 is 11.6 Å². The van der Waals surface area contributed by atoms with Crippen molar-refractivity contribution < 1.29 is 17.9 Å². The number of rotatable bonds is 10. The van der Waals surface area contributed by atoms with E-state index in [-0.39, 0.29) is 5.82 Å². The molecule has 0 amide bonds. The number of fused-ring (bicyclic) bond motifs is 1. The highest BCUT2D eigenvalue weighted by molar-refractivity contribution is 5.88. The number of halogens is 3. The molecule has 0 spiro atoms. The van der Waals surface area contributed by atoms with Crippen LogP contribution in [0.5, 0.6) is 5.75 Å². The Balaban J connectivity index is 1.44. The maximum absolute atomic E-state index is 15.1. The van der Waals surface area contributed by atoms with Gasteiger partial charge in [-0.3, -0.25) is 0 Å². The van der Waals surface area contributed by atoms with Crippen molar-refractivity contribution in [3.05, 3.63) is 101 Å². The number of hydrogen-bond donors (Lipinski definition) is 0. The van der Waals surface area contributed by atoms with Crippen LogP contribution in [0.15, 0.2) is 72.8 Å². The topological polar surface area (TPSA) is 9.23 Å². The van der Waals surface area contributed by atoms with Gasteiger partial charge in [-0.05, 0) is 77.2 Å². The van der Waals surface area contributed by atoms with Gasteiger partial charge >= 0.3 is 0 Å². The zero-order valence-corrected chi connectivity index (χ0v) is 19.4. The second-order valence-electron chi connectivity index (χ2n) is 8.66. The summed E-state index contributed by atoms with van der Waals surface area (Å²) in [4.78, 5) is 0. The second kappa shape index (κ2) is 11.2. The lowest BCUT2D eigenvalue weighted by molar-refractivity contribution is 0.305. The summed E-state index contributed by atoms with van der Waals surface area (Å²) in [6.45, 7) is 2.92. The summed E-state index contributed by atoms with van der Waals surface area (Å²) >= 11 is 0. The molecular formula is C30H29F3O. The van der Waals surface area contributed by atoms with Crippen LogP contribution in [0.25, 0.3) is 21.9 Å². The van der Waals surface area contributed by atoms with Crippen LogP contribution >= 0.6 is 0 Å². The van der Waals surface area contributed by atoms with Crippen molar-refractivity contribution in [1.29, 1.82) is 0 Å². The van der Waals surface area contributed by atoms with Gasteiger partial charge in [0.25, 0.3) is 0 Å². The first kappa shape index (κ1) is 23.9. The summed E-state index contributed by atoms with van der Waals surface area (Å²) in [5, 5.41) is 1.38. The highest BCUT2D eigenvalue weighted by Gasteiger charge is 2.10. The number of ether oxygens (including phenoxy) is 1. The highest BCUT2D eigenvalue weighted by atomic mass is 19.2. The minimum atomic E-state index is -0.879. The summed E-state index contributed by atoms with van der Waals surface area (Å²) in [6, 6.07) is 21.2. The third-order valence-electron chi connectivity index (χ3n) is 6.16. The van der Waals surface area contributed by atoms with E-state index in [1.807, 2.05) is 42.5 Å². The molecule has 4 rings (SSSR count). The van der Waals surface area contributed by atoms with Crippen LogP contribution in [0, 0.1) is 17.5 Å².